The number of hydrogen-bond acceptors (Lipinski definition) is 6. The summed E-state index contributed by atoms with van der Waals surface area (Å²) in [6, 6.07) is 16.4. The molecule has 144 valence electrons. The molecule has 2 aromatic carbocycles. The highest BCUT2D eigenvalue weighted by atomic mass is 32.2. The van der Waals surface area contributed by atoms with Crippen molar-refractivity contribution in [2.75, 3.05) is 5.32 Å². The van der Waals surface area contributed by atoms with Gasteiger partial charge in [0.2, 0.25) is 11.0 Å². The Hall–Kier alpha value is -2.38. The number of carbonyl (C=O) groups is 1. The lowest BCUT2D eigenvalue weighted by molar-refractivity contribution is -0.120. The number of benzene rings is 2. The first-order valence-corrected chi connectivity index (χ1v) is 11.0. The summed E-state index contributed by atoms with van der Waals surface area (Å²) in [6.07, 6.45) is 2.14. The lowest BCUT2D eigenvalue weighted by Gasteiger charge is -2.15. The SMILES string of the molecule is Cc1ccc(Nc2nnc(S[C@@H](C(=O)NC3CC3)c3ccccc3)s2)c(C)c1. The summed E-state index contributed by atoms with van der Waals surface area (Å²) in [4.78, 5) is 12.8. The average Bonchev–Trinajstić information content (AvgIpc) is 3.39. The Bertz CT molecular complexity index is 970. The van der Waals surface area contributed by atoms with Gasteiger partial charge in [-0.15, -0.1) is 10.2 Å². The molecule has 7 heteroatoms. The molecular weight excluding hydrogens is 388 g/mol. The first-order chi connectivity index (χ1) is 13.6. The molecule has 5 nitrogen and oxygen atoms in total. The molecule has 2 N–H and O–H groups in total. The lowest BCUT2D eigenvalue weighted by atomic mass is 10.1. The molecule has 1 aliphatic carbocycles. The number of anilines is 2. The zero-order chi connectivity index (χ0) is 19.5. The van der Waals surface area contributed by atoms with Crippen molar-refractivity contribution in [3.63, 3.8) is 0 Å². The van der Waals surface area contributed by atoms with Gasteiger partial charge in [-0.3, -0.25) is 4.79 Å². The fraction of sp³-hybridized carbons (Fsp3) is 0.286. The van der Waals surface area contributed by atoms with Crippen LogP contribution >= 0.6 is 23.1 Å². The summed E-state index contributed by atoms with van der Waals surface area (Å²) in [5, 5.41) is 15.4. The number of aryl methyl sites for hydroxylation is 2. The molecule has 3 aromatic rings. The molecule has 1 heterocycles. The zero-order valence-electron chi connectivity index (χ0n) is 15.8. The molecule has 1 aromatic heterocycles. The zero-order valence-corrected chi connectivity index (χ0v) is 17.4. The fourth-order valence-corrected chi connectivity index (χ4v) is 4.85. The molecule has 4 rings (SSSR count). The van der Waals surface area contributed by atoms with Gasteiger partial charge in [-0.2, -0.15) is 0 Å². The summed E-state index contributed by atoms with van der Waals surface area (Å²) < 4.78 is 0.770. The Labute approximate surface area is 173 Å². The normalized spacial score (nSPS) is 14.5. The van der Waals surface area contributed by atoms with Crippen molar-refractivity contribution in [3.8, 4) is 0 Å². The second-order valence-electron chi connectivity index (χ2n) is 7.01. The highest BCUT2D eigenvalue weighted by Gasteiger charge is 2.29. The Kier molecular flexibility index (Phi) is 5.64. The molecule has 0 unspecified atom stereocenters. The minimum Gasteiger partial charge on any atom is -0.352 e. The van der Waals surface area contributed by atoms with Crippen LogP contribution in [0, 0.1) is 13.8 Å². The van der Waals surface area contributed by atoms with E-state index in [9.17, 15) is 4.79 Å². The Morgan fingerprint density at radius 1 is 1.14 bits per heavy atom. The number of hydrogen-bond donors (Lipinski definition) is 2. The Balaban J connectivity index is 1.50. The second kappa shape index (κ2) is 8.32. The lowest BCUT2D eigenvalue weighted by Crippen LogP contribution is -2.29. The summed E-state index contributed by atoms with van der Waals surface area (Å²) in [6.45, 7) is 4.15. The van der Waals surface area contributed by atoms with Gasteiger partial charge in [-0.05, 0) is 43.9 Å². The third-order valence-electron chi connectivity index (χ3n) is 4.51. The van der Waals surface area contributed by atoms with Gasteiger partial charge in [0.05, 0.1) is 0 Å². The molecule has 28 heavy (non-hydrogen) atoms. The van der Waals surface area contributed by atoms with Crippen LogP contribution in [-0.4, -0.2) is 22.1 Å². The van der Waals surface area contributed by atoms with Crippen molar-refractivity contribution in [2.45, 2.75) is 42.3 Å². The van der Waals surface area contributed by atoms with Crippen LogP contribution in [0.5, 0.6) is 0 Å². The number of rotatable bonds is 7. The maximum Gasteiger partial charge on any atom is 0.238 e. The van der Waals surface area contributed by atoms with Gasteiger partial charge in [-0.25, -0.2) is 0 Å². The van der Waals surface area contributed by atoms with Crippen molar-refractivity contribution in [3.05, 3.63) is 65.2 Å². The minimum absolute atomic E-state index is 0.0396. The molecular formula is C21H22N4OS2. The molecule has 1 aliphatic rings. The number of amides is 1. The van der Waals surface area contributed by atoms with Crippen LogP contribution in [0.2, 0.25) is 0 Å². The Morgan fingerprint density at radius 3 is 2.64 bits per heavy atom. The number of nitrogens with zero attached hydrogens (tertiary/aromatic N) is 2. The first-order valence-electron chi connectivity index (χ1n) is 9.28. The molecule has 0 aliphatic heterocycles. The van der Waals surface area contributed by atoms with E-state index in [1.807, 2.05) is 30.3 Å². The van der Waals surface area contributed by atoms with Crippen LogP contribution in [0.25, 0.3) is 0 Å². The first kappa shape index (κ1) is 19.0. The van der Waals surface area contributed by atoms with Crippen LogP contribution < -0.4 is 10.6 Å². The predicted molar refractivity (Wildman–Crippen MR) is 115 cm³/mol. The number of thioether (sulfide) groups is 1. The van der Waals surface area contributed by atoms with Crippen LogP contribution in [0.4, 0.5) is 10.8 Å². The standard InChI is InChI=1S/C21H22N4OS2/c1-13-8-11-17(14(2)12-13)23-20-24-25-21(28-20)27-18(15-6-4-3-5-7-15)19(26)22-16-9-10-16/h3-8,11-12,16,18H,9-10H2,1-2H3,(H,22,26)(H,23,24)/t18-/m1/s1. The molecule has 1 amide bonds. The van der Waals surface area contributed by atoms with Gasteiger partial charge < -0.3 is 10.6 Å². The maximum absolute atomic E-state index is 12.8. The Morgan fingerprint density at radius 2 is 1.93 bits per heavy atom. The summed E-state index contributed by atoms with van der Waals surface area (Å²) in [5.41, 5.74) is 4.38. The highest BCUT2D eigenvalue weighted by molar-refractivity contribution is 8.01. The average molecular weight is 411 g/mol. The van der Waals surface area contributed by atoms with Gasteiger partial charge in [0.15, 0.2) is 4.34 Å². The van der Waals surface area contributed by atoms with E-state index in [0.717, 1.165) is 39.1 Å². The van der Waals surface area contributed by atoms with Crippen molar-refractivity contribution >= 4 is 39.8 Å². The van der Waals surface area contributed by atoms with Gasteiger partial charge in [0.25, 0.3) is 0 Å². The third-order valence-corrected chi connectivity index (χ3v) is 6.69. The van der Waals surface area contributed by atoms with Gasteiger partial charge in [-0.1, -0.05) is 71.1 Å². The van der Waals surface area contributed by atoms with Crippen molar-refractivity contribution in [1.82, 2.24) is 15.5 Å². The van der Waals surface area contributed by atoms with E-state index < -0.39 is 0 Å². The molecule has 1 fully saturated rings. The van der Waals surface area contributed by atoms with E-state index in [-0.39, 0.29) is 11.2 Å². The number of aromatic nitrogens is 2. The van der Waals surface area contributed by atoms with E-state index in [1.165, 1.54) is 28.7 Å². The van der Waals surface area contributed by atoms with Crippen LogP contribution in [0.3, 0.4) is 0 Å². The second-order valence-corrected chi connectivity index (χ2v) is 9.34. The topological polar surface area (TPSA) is 66.9 Å². The van der Waals surface area contributed by atoms with Crippen LogP contribution in [-0.2, 0) is 4.79 Å². The predicted octanol–water partition coefficient (Wildman–Crippen LogP) is 5.01. The van der Waals surface area contributed by atoms with Gasteiger partial charge in [0, 0.05) is 11.7 Å². The van der Waals surface area contributed by atoms with Crippen molar-refractivity contribution < 1.29 is 4.79 Å². The van der Waals surface area contributed by atoms with E-state index >= 15 is 0 Å². The van der Waals surface area contributed by atoms with Crippen LogP contribution in [0.15, 0.2) is 52.9 Å². The number of carbonyl (C=O) groups excluding carboxylic acids is 1. The van der Waals surface area contributed by atoms with Crippen LogP contribution in [0.1, 0.15) is 34.8 Å². The van der Waals surface area contributed by atoms with Crippen molar-refractivity contribution in [1.29, 1.82) is 0 Å². The van der Waals surface area contributed by atoms with Gasteiger partial charge >= 0.3 is 0 Å². The molecule has 0 saturated heterocycles. The van der Waals surface area contributed by atoms with E-state index in [1.54, 1.807) is 0 Å². The summed E-state index contributed by atoms with van der Waals surface area (Å²) in [5.74, 6) is 0.0396. The molecule has 0 spiro atoms. The molecule has 1 atom stereocenters. The highest BCUT2D eigenvalue weighted by Crippen LogP contribution is 2.39. The molecule has 1 saturated carbocycles. The van der Waals surface area contributed by atoms with E-state index in [4.69, 9.17) is 0 Å². The van der Waals surface area contributed by atoms with E-state index in [2.05, 4.69) is 52.9 Å². The van der Waals surface area contributed by atoms with Crippen molar-refractivity contribution in [2.24, 2.45) is 0 Å². The smallest absolute Gasteiger partial charge is 0.238 e. The monoisotopic (exact) mass is 410 g/mol. The molecule has 0 radical (unpaired) electrons. The van der Waals surface area contributed by atoms with Gasteiger partial charge in [0.1, 0.15) is 5.25 Å². The minimum atomic E-state index is -0.330. The molecule has 0 bridgehead atoms. The largest absolute Gasteiger partial charge is 0.352 e. The fourth-order valence-electron chi connectivity index (χ4n) is 2.88. The summed E-state index contributed by atoms with van der Waals surface area (Å²) >= 11 is 2.92. The number of nitrogens with one attached hydrogen (secondary N) is 2. The van der Waals surface area contributed by atoms with E-state index in [0.29, 0.717) is 6.04 Å². The quantitative estimate of drug-likeness (QED) is 0.536. The summed E-state index contributed by atoms with van der Waals surface area (Å²) in [7, 11) is 0. The third kappa shape index (κ3) is 4.72. The maximum atomic E-state index is 12.8.